The van der Waals surface area contributed by atoms with Crippen LogP contribution < -0.4 is 0 Å². The number of nitrogens with zero attached hydrogens (tertiary/aromatic N) is 2. The summed E-state index contributed by atoms with van der Waals surface area (Å²) in [5.41, 5.74) is 0.0535. The molecule has 0 amide bonds. The summed E-state index contributed by atoms with van der Waals surface area (Å²) in [4.78, 5) is 10.8. The van der Waals surface area contributed by atoms with E-state index in [4.69, 9.17) is 16.7 Å². The molecule has 9 heteroatoms. The van der Waals surface area contributed by atoms with Gasteiger partial charge in [0.05, 0.1) is 23.3 Å². The van der Waals surface area contributed by atoms with Crippen molar-refractivity contribution in [1.29, 1.82) is 0 Å². The van der Waals surface area contributed by atoms with E-state index < -0.39 is 23.9 Å². The van der Waals surface area contributed by atoms with Gasteiger partial charge in [0.2, 0.25) is 0 Å². The third-order valence-electron chi connectivity index (χ3n) is 4.04. The minimum absolute atomic E-state index is 0.00777. The number of halogens is 5. The first-order valence-electron chi connectivity index (χ1n) is 7.83. The zero-order valence-corrected chi connectivity index (χ0v) is 14.4. The van der Waals surface area contributed by atoms with Crippen LogP contribution in [0.3, 0.4) is 0 Å². The van der Waals surface area contributed by atoms with E-state index in [2.05, 4.69) is 5.10 Å². The molecule has 1 unspecified atom stereocenters. The van der Waals surface area contributed by atoms with Crippen LogP contribution in [-0.4, -0.2) is 27.0 Å². The number of aromatic nitrogens is 2. The van der Waals surface area contributed by atoms with Gasteiger partial charge in [-0.3, -0.25) is 4.68 Å². The number of fused-ring (bicyclic) bond motifs is 1. The Kier molecular flexibility index (Phi) is 5.10. The van der Waals surface area contributed by atoms with Crippen molar-refractivity contribution in [1.82, 2.24) is 9.78 Å². The number of hydrogen-bond donors (Lipinski definition) is 1. The van der Waals surface area contributed by atoms with Gasteiger partial charge in [-0.25, -0.2) is 9.18 Å². The van der Waals surface area contributed by atoms with E-state index in [-0.39, 0.29) is 29.2 Å². The second-order valence-electron chi connectivity index (χ2n) is 5.95. The Labute approximate surface area is 156 Å². The Morgan fingerprint density at radius 2 is 2.15 bits per heavy atom. The molecule has 0 aliphatic heterocycles. The molecule has 2 aromatic rings. The minimum Gasteiger partial charge on any atom is -0.478 e. The highest BCUT2D eigenvalue weighted by Gasteiger charge is 2.31. The number of alkyl halides is 4. The number of rotatable bonds is 4. The summed E-state index contributed by atoms with van der Waals surface area (Å²) in [6.07, 6.45) is -0.899. The smallest absolute Gasteiger partial charge is 0.416 e. The highest BCUT2D eigenvalue weighted by molar-refractivity contribution is 6.30. The number of aliphatic carboxylic acids is 1. The molecule has 1 atom stereocenters. The lowest BCUT2D eigenvalue weighted by Gasteiger charge is -2.14. The minimum atomic E-state index is -4.54. The van der Waals surface area contributed by atoms with Crippen molar-refractivity contribution in [2.24, 2.45) is 0 Å². The van der Waals surface area contributed by atoms with Crippen molar-refractivity contribution in [2.45, 2.75) is 25.3 Å². The number of allylic oxidation sites excluding steroid dienone is 4. The number of benzene rings is 1. The van der Waals surface area contributed by atoms with Crippen LogP contribution in [0.5, 0.6) is 0 Å². The molecule has 1 aromatic heterocycles. The maximum absolute atomic E-state index is 13.3. The summed E-state index contributed by atoms with van der Waals surface area (Å²) in [5, 5.41) is 13.6. The Hall–Kier alpha value is -2.61. The topological polar surface area (TPSA) is 55.1 Å². The first kappa shape index (κ1) is 19.2. The van der Waals surface area contributed by atoms with Crippen molar-refractivity contribution in [3.05, 3.63) is 58.3 Å². The predicted molar refractivity (Wildman–Crippen MR) is 92.9 cm³/mol. The van der Waals surface area contributed by atoms with E-state index in [1.54, 1.807) is 0 Å². The highest BCUT2D eigenvalue weighted by atomic mass is 35.5. The quantitative estimate of drug-likeness (QED) is 0.584. The van der Waals surface area contributed by atoms with Gasteiger partial charge < -0.3 is 5.11 Å². The van der Waals surface area contributed by atoms with Gasteiger partial charge in [0.25, 0.3) is 0 Å². The second kappa shape index (κ2) is 7.19. The fraction of sp³-hybridized carbons (Fsp3) is 0.222. The number of carboxylic acids is 1. The summed E-state index contributed by atoms with van der Waals surface area (Å²) >= 11 is 6.07. The van der Waals surface area contributed by atoms with Crippen LogP contribution in [0.15, 0.2) is 47.0 Å². The molecule has 0 saturated heterocycles. The van der Waals surface area contributed by atoms with Gasteiger partial charge in [-0.05, 0) is 35.9 Å². The van der Waals surface area contributed by atoms with Gasteiger partial charge in [0.15, 0.2) is 0 Å². The van der Waals surface area contributed by atoms with E-state index >= 15 is 0 Å². The molecular formula is C18H13ClF4N2O2. The SMILES string of the molecule is O=C(O)/C=C/c1nn(CC2=C(Cl)CC(F)C=C2)c2cc(C(F)(F)F)ccc12. The summed E-state index contributed by atoms with van der Waals surface area (Å²) < 4.78 is 53.8. The molecule has 1 aliphatic rings. The van der Waals surface area contributed by atoms with Gasteiger partial charge in [-0.15, -0.1) is 0 Å². The van der Waals surface area contributed by atoms with E-state index in [9.17, 15) is 22.4 Å². The van der Waals surface area contributed by atoms with Crippen LogP contribution in [0.2, 0.25) is 0 Å². The molecule has 0 bridgehead atoms. The predicted octanol–water partition coefficient (Wildman–Crippen LogP) is 4.94. The average Bonchev–Trinajstić information content (AvgIpc) is 2.92. The standard InChI is InChI=1S/C18H13ClF4N2O2/c19-14-8-12(20)3-1-10(14)9-25-16-7-11(18(21,22)23)2-4-13(16)15(24-25)5-6-17(26)27/h1-7,12H,8-9H2,(H,26,27)/b6-5+. The molecule has 1 aliphatic carbocycles. The van der Waals surface area contributed by atoms with Crippen LogP contribution >= 0.6 is 11.6 Å². The molecule has 0 radical (unpaired) electrons. The highest BCUT2D eigenvalue weighted by Crippen LogP contribution is 2.33. The molecule has 27 heavy (non-hydrogen) atoms. The normalized spacial score (nSPS) is 18.0. The molecule has 1 aromatic carbocycles. The summed E-state index contributed by atoms with van der Waals surface area (Å²) in [7, 11) is 0. The van der Waals surface area contributed by atoms with Crippen molar-refractivity contribution >= 4 is 34.5 Å². The fourth-order valence-corrected chi connectivity index (χ4v) is 3.02. The van der Waals surface area contributed by atoms with Crippen LogP contribution in [0.1, 0.15) is 17.7 Å². The molecule has 0 spiro atoms. The van der Waals surface area contributed by atoms with Crippen molar-refractivity contribution in [3.63, 3.8) is 0 Å². The maximum Gasteiger partial charge on any atom is 0.416 e. The lowest BCUT2D eigenvalue weighted by molar-refractivity contribution is -0.137. The van der Waals surface area contributed by atoms with Gasteiger partial charge in [0.1, 0.15) is 6.17 Å². The first-order chi connectivity index (χ1) is 12.6. The molecule has 0 saturated carbocycles. The van der Waals surface area contributed by atoms with Gasteiger partial charge in [-0.1, -0.05) is 17.7 Å². The van der Waals surface area contributed by atoms with E-state index in [0.29, 0.717) is 11.0 Å². The van der Waals surface area contributed by atoms with E-state index in [0.717, 1.165) is 18.2 Å². The Morgan fingerprint density at radius 1 is 1.41 bits per heavy atom. The van der Waals surface area contributed by atoms with E-state index in [1.807, 2.05) is 0 Å². The molecule has 3 rings (SSSR count). The fourth-order valence-electron chi connectivity index (χ4n) is 2.75. The van der Waals surface area contributed by atoms with Crippen molar-refractivity contribution in [2.75, 3.05) is 0 Å². The monoisotopic (exact) mass is 400 g/mol. The summed E-state index contributed by atoms with van der Waals surface area (Å²) in [6, 6.07) is 3.10. The molecule has 0 fully saturated rings. The van der Waals surface area contributed by atoms with Crippen molar-refractivity contribution in [3.8, 4) is 0 Å². The van der Waals surface area contributed by atoms with Crippen LogP contribution in [0, 0.1) is 0 Å². The summed E-state index contributed by atoms with van der Waals surface area (Å²) in [6.45, 7) is 0.0285. The van der Waals surface area contributed by atoms with Gasteiger partial charge in [0, 0.05) is 22.9 Å². The van der Waals surface area contributed by atoms with E-state index in [1.165, 1.54) is 29.0 Å². The van der Waals surface area contributed by atoms with Crippen molar-refractivity contribution < 1.29 is 27.5 Å². The molecule has 4 nitrogen and oxygen atoms in total. The Bertz CT molecular complexity index is 989. The molecule has 1 heterocycles. The molecule has 1 N–H and O–H groups in total. The van der Waals surface area contributed by atoms with Crippen LogP contribution in [-0.2, 0) is 17.5 Å². The average molecular weight is 401 g/mol. The zero-order chi connectivity index (χ0) is 19.8. The lowest BCUT2D eigenvalue weighted by Crippen LogP contribution is -2.09. The van der Waals surface area contributed by atoms with Crippen LogP contribution in [0.25, 0.3) is 17.0 Å². The van der Waals surface area contributed by atoms with Gasteiger partial charge >= 0.3 is 12.1 Å². The third kappa shape index (κ3) is 4.21. The second-order valence-corrected chi connectivity index (χ2v) is 6.41. The number of carbonyl (C=O) groups is 1. The molecular weight excluding hydrogens is 388 g/mol. The summed E-state index contributed by atoms with van der Waals surface area (Å²) in [5.74, 6) is -1.21. The maximum atomic E-state index is 13.3. The number of carboxylic acid groups (broad SMARTS) is 1. The molecule has 142 valence electrons. The lowest BCUT2D eigenvalue weighted by atomic mass is 10.1. The Balaban J connectivity index is 2.11. The number of hydrogen-bond acceptors (Lipinski definition) is 2. The largest absolute Gasteiger partial charge is 0.478 e. The van der Waals surface area contributed by atoms with Gasteiger partial charge in [-0.2, -0.15) is 18.3 Å². The third-order valence-corrected chi connectivity index (χ3v) is 4.44. The first-order valence-corrected chi connectivity index (χ1v) is 8.21. The Morgan fingerprint density at radius 3 is 2.78 bits per heavy atom. The zero-order valence-electron chi connectivity index (χ0n) is 13.7. The van der Waals surface area contributed by atoms with Crippen LogP contribution in [0.4, 0.5) is 17.6 Å².